The molecule has 13 heteroatoms. The van der Waals surface area contributed by atoms with Gasteiger partial charge in [-0.1, -0.05) is 52.3 Å². The Balaban J connectivity index is 1.08. The van der Waals surface area contributed by atoms with Crippen LogP contribution in [0.15, 0.2) is 105 Å². The van der Waals surface area contributed by atoms with E-state index in [-0.39, 0.29) is 21.8 Å². The van der Waals surface area contributed by atoms with Gasteiger partial charge in [-0.25, -0.2) is 13.1 Å². The van der Waals surface area contributed by atoms with Gasteiger partial charge in [0.05, 0.1) is 9.82 Å². The summed E-state index contributed by atoms with van der Waals surface area (Å²) in [6.45, 7) is 4.02. The van der Waals surface area contributed by atoms with Crippen LogP contribution in [0.1, 0.15) is 27.9 Å². The van der Waals surface area contributed by atoms with E-state index in [4.69, 9.17) is 0 Å². The number of nitro groups is 1. The molecule has 2 aliphatic rings. The van der Waals surface area contributed by atoms with Crippen molar-refractivity contribution < 1.29 is 18.1 Å². The monoisotopic (exact) mass is 735 g/mol. The Bertz CT molecular complexity index is 1890. The number of carbonyl (C=O) groups is 1. The Kier molecular flexibility index (Phi) is 10.2. The van der Waals surface area contributed by atoms with E-state index in [1.54, 1.807) is 23.9 Å². The van der Waals surface area contributed by atoms with Gasteiger partial charge in [0.2, 0.25) is 0 Å². The Morgan fingerprint density at radius 2 is 1.79 bits per heavy atom. The molecule has 0 unspecified atom stereocenters. The zero-order chi connectivity index (χ0) is 33.0. The number of sulfonamides is 1. The van der Waals surface area contributed by atoms with E-state index >= 15 is 0 Å². The van der Waals surface area contributed by atoms with Crippen molar-refractivity contribution >= 4 is 60.7 Å². The highest BCUT2D eigenvalue weighted by molar-refractivity contribution is 9.10. The van der Waals surface area contributed by atoms with Crippen LogP contribution in [0.4, 0.5) is 17.1 Å². The molecule has 0 saturated carbocycles. The number of anilines is 2. The predicted octanol–water partition coefficient (Wildman–Crippen LogP) is 6.32. The molecule has 2 aliphatic heterocycles. The van der Waals surface area contributed by atoms with Gasteiger partial charge in [-0.05, 0) is 72.5 Å². The first-order valence-corrected chi connectivity index (χ1v) is 18.6. The summed E-state index contributed by atoms with van der Waals surface area (Å²) < 4.78 is 29.6. The summed E-state index contributed by atoms with van der Waals surface area (Å²) in [6, 6.07) is 27.3. The number of rotatable bonds is 11. The maximum absolute atomic E-state index is 13.2. The second-order valence-electron chi connectivity index (χ2n) is 11.5. The number of thioether (sulfide) groups is 1. The topological polar surface area (TPSA) is 125 Å². The molecule has 0 bridgehead atoms. The molecule has 2 heterocycles. The smallest absolute Gasteiger partial charge is 0.293 e. The van der Waals surface area contributed by atoms with Crippen LogP contribution in [0.5, 0.6) is 0 Å². The van der Waals surface area contributed by atoms with E-state index in [0.29, 0.717) is 18.3 Å². The van der Waals surface area contributed by atoms with Crippen LogP contribution >= 0.6 is 27.7 Å². The molecule has 47 heavy (non-hydrogen) atoms. The Hall–Kier alpha value is -3.91. The van der Waals surface area contributed by atoms with Crippen molar-refractivity contribution in [1.82, 2.24) is 9.62 Å². The lowest BCUT2D eigenvalue weighted by Gasteiger charge is -2.46. The number of nitrogens with zero attached hydrogens (tertiary/aromatic N) is 3. The standard InChI is InChI=1S/C34H34BrN5O5S2/c35-30-9-5-4-6-26(30)22-38-17-18-39-27(23-38)12-10-24-20-25(11-15-32(24)39)34(41)37-47(44,45)29-13-14-31(33(21-29)40(42)43)36-16-19-46-28-7-2-1-3-8-28/h1-9,11,13-15,20-21,27,36H,10,12,16-19,22-23H2,(H,37,41)/t27-/m0/s1. The van der Waals surface area contributed by atoms with E-state index in [1.807, 2.05) is 42.5 Å². The van der Waals surface area contributed by atoms with Crippen LogP contribution < -0.4 is 14.9 Å². The summed E-state index contributed by atoms with van der Waals surface area (Å²) in [5.74, 6) is -0.127. The molecular weight excluding hydrogens is 702 g/mol. The molecule has 4 aromatic rings. The fourth-order valence-corrected chi connectivity index (χ4v) is 8.31. The molecule has 244 valence electrons. The number of piperazine rings is 1. The van der Waals surface area contributed by atoms with Crippen molar-refractivity contribution in [2.75, 3.05) is 42.1 Å². The molecule has 1 fully saturated rings. The molecule has 1 atom stereocenters. The van der Waals surface area contributed by atoms with Crippen molar-refractivity contribution in [3.8, 4) is 0 Å². The second kappa shape index (κ2) is 14.5. The molecule has 2 N–H and O–H groups in total. The highest BCUT2D eigenvalue weighted by Gasteiger charge is 2.32. The van der Waals surface area contributed by atoms with Crippen molar-refractivity contribution in [3.05, 3.63) is 122 Å². The fourth-order valence-electron chi connectivity index (χ4n) is 6.11. The summed E-state index contributed by atoms with van der Waals surface area (Å²) in [6.07, 6.45) is 1.70. The maximum Gasteiger partial charge on any atom is 0.293 e. The highest BCUT2D eigenvalue weighted by Crippen LogP contribution is 2.34. The number of nitro benzene ring substituents is 1. The van der Waals surface area contributed by atoms with Crippen molar-refractivity contribution in [2.24, 2.45) is 0 Å². The lowest BCUT2D eigenvalue weighted by Crippen LogP contribution is -2.54. The largest absolute Gasteiger partial charge is 0.379 e. The van der Waals surface area contributed by atoms with Gasteiger partial charge < -0.3 is 10.2 Å². The summed E-state index contributed by atoms with van der Waals surface area (Å²) in [5, 5.41) is 14.8. The molecule has 0 radical (unpaired) electrons. The average molecular weight is 737 g/mol. The van der Waals surface area contributed by atoms with E-state index in [0.717, 1.165) is 65.7 Å². The normalized spacial score (nSPS) is 16.2. The SMILES string of the molecule is O=C(NS(=O)(=O)c1ccc(NCCSc2ccccc2)c([N+](=O)[O-])c1)c1ccc2c(c1)CC[C@H]1CN(Cc3ccccc3Br)CCN21. The minimum Gasteiger partial charge on any atom is -0.379 e. The summed E-state index contributed by atoms with van der Waals surface area (Å²) >= 11 is 5.25. The first-order valence-electron chi connectivity index (χ1n) is 15.3. The molecule has 0 spiro atoms. The molecule has 6 rings (SSSR count). The molecule has 0 aliphatic carbocycles. The Morgan fingerprint density at radius 1 is 1.00 bits per heavy atom. The van der Waals surface area contributed by atoms with Gasteiger partial charge in [0, 0.05) is 71.2 Å². The third kappa shape index (κ3) is 7.81. The molecule has 10 nitrogen and oxygen atoms in total. The number of amides is 1. The number of hydrogen-bond donors (Lipinski definition) is 2. The van der Waals surface area contributed by atoms with Crippen LogP contribution in [0.3, 0.4) is 0 Å². The lowest BCUT2D eigenvalue weighted by atomic mass is 9.92. The number of carbonyl (C=O) groups excluding carboxylic acids is 1. The van der Waals surface area contributed by atoms with E-state index in [1.165, 1.54) is 17.7 Å². The number of nitrogens with one attached hydrogen (secondary N) is 2. The van der Waals surface area contributed by atoms with Gasteiger partial charge in [0.15, 0.2) is 0 Å². The highest BCUT2D eigenvalue weighted by atomic mass is 79.9. The lowest BCUT2D eigenvalue weighted by molar-refractivity contribution is -0.384. The number of fused-ring (bicyclic) bond motifs is 3. The zero-order valence-electron chi connectivity index (χ0n) is 25.5. The van der Waals surface area contributed by atoms with Crippen molar-refractivity contribution in [3.63, 3.8) is 0 Å². The van der Waals surface area contributed by atoms with Gasteiger partial charge in [0.25, 0.3) is 21.6 Å². The first kappa shape index (κ1) is 33.0. The molecule has 0 aromatic heterocycles. The van der Waals surface area contributed by atoms with Crippen LogP contribution in [-0.4, -0.2) is 62.1 Å². The second-order valence-corrected chi connectivity index (χ2v) is 15.2. The van der Waals surface area contributed by atoms with E-state index < -0.39 is 20.9 Å². The Morgan fingerprint density at radius 3 is 2.57 bits per heavy atom. The predicted molar refractivity (Wildman–Crippen MR) is 189 cm³/mol. The number of aryl methyl sites for hydroxylation is 1. The summed E-state index contributed by atoms with van der Waals surface area (Å²) in [4.78, 5) is 29.9. The van der Waals surface area contributed by atoms with Gasteiger partial charge in [-0.15, -0.1) is 11.8 Å². The van der Waals surface area contributed by atoms with Crippen LogP contribution in [0.25, 0.3) is 0 Å². The zero-order valence-corrected chi connectivity index (χ0v) is 28.7. The first-order chi connectivity index (χ1) is 22.7. The molecule has 1 saturated heterocycles. The van der Waals surface area contributed by atoms with Crippen LogP contribution in [0, 0.1) is 10.1 Å². The third-order valence-electron chi connectivity index (χ3n) is 8.45. The number of benzene rings is 4. The Labute approximate surface area is 286 Å². The quantitative estimate of drug-likeness (QED) is 0.0789. The average Bonchev–Trinajstić information content (AvgIpc) is 3.07. The summed E-state index contributed by atoms with van der Waals surface area (Å²) in [7, 11) is -4.37. The number of halogens is 1. The maximum atomic E-state index is 13.2. The third-order valence-corrected chi connectivity index (χ3v) is 11.6. The minimum absolute atomic E-state index is 0.204. The fraction of sp³-hybridized carbons (Fsp3) is 0.265. The van der Waals surface area contributed by atoms with Gasteiger partial charge in [0.1, 0.15) is 5.69 Å². The van der Waals surface area contributed by atoms with Crippen LogP contribution in [-0.2, 0) is 23.0 Å². The van der Waals surface area contributed by atoms with Gasteiger partial charge in [-0.3, -0.25) is 19.8 Å². The van der Waals surface area contributed by atoms with E-state index in [9.17, 15) is 23.3 Å². The number of hydrogen-bond acceptors (Lipinski definition) is 9. The van der Waals surface area contributed by atoms with Crippen molar-refractivity contribution in [1.29, 1.82) is 0 Å². The van der Waals surface area contributed by atoms with E-state index in [2.05, 4.69) is 54.0 Å². The van der Waals surface area contributed by atoms with Crippen molar-refractivity contribution in [2.45, 2.75) is 35.2 Å². The minimum atomic E-state index is -4.37. The van der Waals surface area contributed by atoms with Crippen LogP contribution in [0.2, 0.25) is 0 Å². The van der Waals surface area contributed by atoms with Gasteiger partial charge >= 0.3 is 0 Å². The molecular formula is C34H34BrN5O5S2. The summed E-state index contributed by atoms with van der Waals surface area (Å²) in [5.41, 5.74) is 3.38. The molecule has 1 amide bonds. The molecule has 4 aromatic carbocycles. The van der Waals surface area contributed by atoms with Gasteiger partial charge in [-0.2, -0.15) is 0 Å².